The summed E-state index contributed by atoms with van der Waals surface area (Å²) in [4.78, 5) is 31.8. The number of rotatable bonds is 7. The number of benzene rings is 2. The van der Waals surface area contributed by atoms with Gasteiger partial charge in [-0.05, 0) is 37.4 Å². The van der Waals surface area contributed by atoms with Crippen LogP contribution in [0.25, 0.3) is 5.76 Å². The highest BCUT2D eigenvalue weighted by molar-refractivity contribution is 6.46. The average molecular weight is 468 g/mol. The van der Waals surface area contributed by atoms with Gasteiger partial charge in [-0.3, -0.25) is 9.59 Å². The zero-order valence-electron chi connectivity index (χ0n) is 19.8. The first-order valence-corrected chi connectivity index (χ1v) is 11.6. The highest BCUT2D eigenvalue weighted by atomic mass is 19.1. The zero-order valence-corrected chi connectivity index (χ0v) is 19.8. The summed E-state index contributed by atoms with van der Waals surface area (Å²) in [6.07, 6.45) is 0. The van der Waals surface area contributed by atoms with Crippen LogP contribution in [0.5, 0.6) is 5.75 Å². The van der Waals surface area contributed by atoms with E-state index in [2.05, 4.69) is 4.90 Å². The molecule has 1 saturated heterocycles. The number of ketones is 1. The van der Waals surface area contributed by atoms with Crippen molar-refractivity contribution >= 4 is 23.1 Å². The highest BCUT2D eigenvalue weighted by Gasteiger charge is 2.46. The average Bonchev–Trinajstić information content (AvgIpc) is 3.09. The SMILES string of the molecule is CCN(CC)CCN1C(=O)C(=O)/C(=C(/O)c2ccc3c(c2)N(C)CCO3)C1c1ccccc1F. The molecule has 0 spiro atoms. The molecule has 1 atom stereocenters. The van der Waals surface area contributed by atoms with Crippen LogP contribution < -0.4 is 9.64 Å². The van der Waals surface area contributed by atoms with Crippen LogP contribution in [0.3, 0.4) is 0 Å². The van der Waals surface area contributed by atoms with E-state index in [0.717, 1.165) is 18.8 Å². The lowest BCUT2D eigenvalue weighted by atomic mass is 9.94. The van der Waals surface area contributed by atoms with Gasteiger partial charge in [-0.25, -0.2) is 4.39 Å². The number of fused-ring (bicyclic) bond motifs is 1. The maximum Gasteiger partial charge on any atom is 0.295 e. The smallest absolute Gasteiger partial charge is 0.295 e. The summed E-state index contributed by atoms with van der Waals surface area (Å²) in [7, 11) is 1.91. The van der Waals surface area contributed by atoms with E-state index in [4.69, 9.17) is 4.74 Å². The molecule has 1 amide bonds. The standard InChI is InChI=1S/C26H30FN3O4/c1-4-29(5-2)12-13-30-23(18-8-6-7-9-19(18)27)22(25(32)26(30)33)24(31)17-10-11-21-20(16-17)28(3)14-15-34-21/h6-11,16,23,31H,4-5,12-15H2,1-3H3/b24-22+. The Kier molecular flexibility index (Phi) is 6.88. The van der Waals surface area contributed by atoms with Crippen LogP contribution >= 0.6 is 0 Å². The van der Waals surface area contributed by atoms with Crippen molar-refractivity contribution < 1.29 is 23.8 Å². The van der Waals surface area contributed by atoms with Crippen LogP contribution in [-0.2, 0) is 9.59 Å². The fraction of sp³-hybridized carbons (Fsp3) is 0.385. The van der Waals surface area contributed by atoms with E-state index in [0.29, 0.717) is 31.0 Å². The van der Waals surface area contributed by atoms with E-state index in [-0.39, 0.29) is 23.4 Å². The fourth-order valence-electron chi connectivity index (χ4n) is 4.57. The second kappa shape index (κ2) is 9.85. The third-order valence-electron chi connectivity index (χ3n) is 6.62. The first-order valence-electron chi connectivity index (χ1n) is 11.6. The molecule has 8 heteroatoms. The Morgan fingerprint density at radius 2 is 1.91 bits per heavy atom. The number of ether oxygens (including phenoxy) is 1. The van der Waals surface area contributed by atoms with Gasteiger partial charge in [0.2, 0.25) is 0 Å². The molecule has 1 N–H and O–H groups in total. The molecule has 2 heterocycles. The van der Waals surface area contributed by atoms with Crippen molar-refractivity contribution in [3.8, 4) is 5.75 Å². The van der Waals surface area contributed by atoms with Gasteiger partial charge in [-0.2, -0.15) is 0 Å². The normalized spacial score (nSPS) is 19.5. The van der Waals surface area contributed by atoms with Crippen molar-refractivity contribution in [1.82, 2.24) is 9.80 Å². The van der Waals surface area contributed by atoms with Gasteiger partial charge >= 0.3 is 0 Å². The minimum Gasteiger partial charge on any atom is -0.507 e. The predicted molar refractivity (Wildman–Crippen MR) is 128 cm³/mol. The third kappa shape index (κ3) is 4.25. The van der Waals surface area contributed by atoms with Crippen LogP contribution in [0, 0.1) is 5.82 Å². The maximum absolute atomic E-state index is 14.9. The zero-order chi connectivity index (χ0) is 24.4. The van der Waals surface area contributed by atoms with Crippen molar-refractivity contribution in [3.05, 3.63) is 65.0 Å². The molecule has 1 fully saturated rings. The Hall–Kier alpha value is -3.39. The largest absolute Gasteiger partial charge is 0.507 e. The van der Waals surface area contributed by atoms with Crippen molar-refractivity contribution in [1.29, 1.82) is 0 Å². The van der Waals surface area contributed by atoms with E-state index in [1.807, 2.05) is 25.8 Å². The molecule has 2 aliphatic rings. The van der Waals surface area contributed by atoms with Gasteiger partial charge in [0.1, 0.15) is 23.9 Å². The van der Waals surface area contributed by atoms with Crippen LogP contribution in [-0.4, -0.2) is 73.0 Å². The molecule has 0 saturated carbocycles. The molecule has 2 aromatic rings. The Morgan fingerprint density at radius 1 is 1.18 bits per heavy atom. The van der Waals surface area contributed by atoms with Crippen molar-refractivity contribution in [2.75, 3.05) is 51.3 Å². The monoisotopic (exact) mass is 467 g/mol. The van der Waals surface area contributed by atoms with E-state index in [9.17, 15) is 19.1 Å². The summed E-state index contributed by atoms with van der Waals surface area (Å²) in [6, 6.07) is 10.2. The number of carbonyl (C=O) groups excluding carboxylic acids is 2. The number of aliphatic hydroxyl groups is 1. The molecule has 7 nitrogen and oxygen atoms in total. The van der Waals surface area contributed by atoms with E-state index in [1.165, 1.54) is 11.0 Å². The second-order valence-corrected chi connectivity index (χ2v) is 8.49. The first-order chi connectivity index (χ1) is 16.4. The number of likely N-dealkylation sites (tertiary alicyclic amines) is 1. The number of hydrogen-bond acceptors (Lipinski definition) is 6. The summed E-state index contributed by atoms with van der Waals surface area (Å²) in [5.74, 6) is -1.73. The first kappa shape index (κ1) is 23.8. The quantitative estimate of drug-likeness (QED) is 0.382. The van der Waals surface area contributed by atoms with Gasteiger partial charge in [-0.1, -0.05) is 32.0 Å². The topological polar surface area (TPSA) is 73.3 Å². The predicted octanol–water partition coefficient (Wildman–Crippen LogP) is 3.42. The minimum absolute atomic E-state index is 0.103. The number of halogens is 1. The molecule has 1 unspecified atom stereocenters. The summed E-state index contributed by atoms with van der Waals surface area (Å²) < 4.78 is 20.6. The number of Topliss-reactive ketones (excluding diaryl/α,β-unsaturated/α-hetero) is 1. The number of amides is 1. The molecule has 180 valence electrons. The molecule has 4 rings (SSSR count). The van der Waals surface area contributed by atoms with E-state index < -0.39 is 23.5 Å². The highest BCUT2D eigenvalue weighted by Crippen LogP contribution is 2.41. The Balaban J connectivity index is 1.81. The number of aliphatic hydroxyl groups excluding tert-OH is 1. The minimum atomic E-state index is -1.01. The summed E-state index contributed by atoms with van der Waals surface area (Å²) in [6.45, 7) is 7.62. The molecule has 0 radical (unpaired) electrons. The van der Waals surface area contributed by atoms with Gasteiger partial charge in [-0.15, -0.1) is 0 Å². The van der Waals surface area contributed by atoms with Crippen molar-refractivity contribution in [2.45, 2.75) is 19.9 Å². The van der Waals surface area contributed by atoms with Crippen molar-refractivity contribution in [2.24, 2.45) is 0 Å². The van der Waals surface area contributed by atoms with E-state index >= 15 is 0 Å². The molecule has 0 bridgehead atoms. The van der Waals surface area contributed by atoms with Crippen LogP contribution in [0.4, 0.5) is 10.1 Å². The summed E-state index contributed by atoms with van der Waals surface area (Å²) in [5, 5.41) is 11.3. The Morgan fingerprint density at radius 3 is 2.62 bits per heavy atom. The van der Waals surface area contributed by atoms with Gasteiger partial charge in [0.05, 0.1) is 23.8 Å². The van der Waals surface area contributed by atoms with Gasteiger partial charge in [0.25, 0.3) is 11.7 Å². The van der Waals surface area contributed by atoms with Crippen LogP contribution in [0.15, 0.2) is 48.0 Å². The number of likely N-dealkylation sites (N-methyl/N-ethyl adjacent to an activating group) is 2. The summed E-state index contributed by atoms with van der Waals surface area (Å²) in [5.41, 5.74) is 1.22. The lowest BCUT2D eigenvalue weighted by molar-refractivity contribution is -0.140. The van der Waals surface area contributed by atoms with E-state index in [1.54, 1.807) is 36.4 Å². The number of carbonyl (C=O) groups is 2. The molecule has 0 aliphatic carbocycles. The molecular formula is C26H30FN3O4. The molecule has 0 aromatic heterocycles. The fourth-order valence-corrected chi connectivity index (χ4v) is 4.57. The van der Waals surface area contributed by atoms with Crippen LogP contribution in [0.2, 0.25) is 0 Å². The Bertz CT molecular complexity index is 1130. The lowest BCUT2D eigenvalue weighted by Gasteiger charge is -2.29. The number of nitrogens with zero attached hydrogens (tertiary/aromatic N) is 3. The molecule has 2 aliphatic heterocycles. The number of anilines is 1. The van der Waals surface area contributed by atoms with Gasteiger partial charge in [0.15, 0.2) is 0 Å². The molecular weight excluding hydrogens is 437 g/mol. The van der Waals surface area contributed by atoms with Crippen LogP contribution in [0.1, 0.15) is 31.0 Å². The van der Waals surface area contributed by atoms with Gasteiger partial charge in [0, 0.05) is 31.3 Å². The lowest BCUT2D eigenvalue weighted by Crippen LogP contribution is -2.38. The maximum atomic E-state index is 14.9. The molecule has 34 heavy (non-hydrogen) atoms. The molecule has 2 aromatic carbocycles. The van der Waals surface area contributed by atoms with Gasteiger partial charge < -0.3 is 24.5 Å². The Labute approximate surface area is 199 Å². The summed E-state index contributed by atoms with van der Waals surface area (Å²) >= 11 is 0. The third-order valence-corrected chi connectivity index (χ3v) is 6.62. The number of hydrogen-bond donors (Lipinski definition) is 1. The second-order valence-electron chi connectivity index (χ2n) is 8.49. The van der Waals surface area contributed by atoms with Crippen molar-refractivity contribution in [3.63, 3.8) is 0 Å².